The van der Waals surface area contributed by atoms with Crippen LogP contribution in [0.2, 0.25) is 0 Å². The minimum Gasteiger partial charge on any atom is -0.497 e. The standard InChI is InChI=1S/C21H25NO2/c1-3-4-8-18-19(15-10-12-17(24-2)13-11-15)14-16-7-5-6-9-20(16)22-21(18)23/h5-7,9-13,18-19H,3-4,8,14H2,1-2H3,(H,22,23). The number of anilines is 1. The number of ether oxygens (including phenoxy) is 1. The van der Waals surface area contributed by atoms with Gasteiger partial charge in [-0.15, -0.1) is 0 Å². The van der Waals surface area contributed by atoms with Crippen molar-refractivity contribution in [2.75, 3.05) is 12.4 Å². The van der Waals surface area contributed by atoms with Crippen molar-refractivity contribution in [1.29, 1.82) is 0 Å². The molecule has 0 radical (unpaired) electrons. The van der Waals surface area contributed by atoms with E-state index in [1.165, 1.54) is 11.1 Å². The van der Waals surface area contributed by atoms with Gasteiger partial charge in [-0.1, -0.05) is 50.1 Å². The molecule has 0 aromatic heterocycles. The predicted molar refractivity (Wildman–Crippen MR) is 97.5 cm³/mol. The van der Waals surface area contributed by atoms with Gasteiger partial charge in [0.2, 0.25) is 5.91 Å². The van der Waals surface area contributed by atoms with E-state index in [0.29, 0.717) is 0 Å². The molecule has 0 aliphatic carbocycles. The Kier molecular flexibility index (Phi) is 5.19. The number of benzene rings is 2. The number of carbonyl (C=O) groups excluding carboxylic acids is 1. The molecule has 1 aliphatic rings. The lowest BCUT2D eigenvalue weighted by molar-refractivity contribution is -0.120. The number of hydrogen-bond acceptors (Lipinski definition) is 2. The average Bonchev–Trinajstić information content (AvgIpc) is 2.76. The molecular formula is C21H25NO2. The van der Waals surface area contributed by atoms with Gasteiger partial charge in [0.05, 0.1) is 7.11 Å². The van der Waals surface area contributed by atoms with Gasteiger partial charge in [-0.05, 0) is 48.1 Å². The number of nitrogens with one attached hydrogen (secondary N) is 1. The van der Waals surface area contributed by atoms with Crippen LogP contribution in [0, 0.1) is 5.92 Å². The molecule has 24 heavy (non-hydrogen) atoms. The minimum absolute atomic E-state index is 0.00532. The van der Waals surface area contributed by atoms with Crippen LogP contribution in [0.1, 0.15) is 43.2 Å². The Morgan fingerprint density at radius 3 is 2.58 bits per heavy atom. The molecule has 126 valence electrons. The first kappa shape index (κ1) is 16.6. The van der Waals surface area contributed by atoms with E-state index >= 15 is 0 Å². The van der Waals surface area contributed by atoms with Crippen LogP contribution in [0.3, 0.4) is 0 Å². The Morgan fingerprint density at radius 1 is 1.12 bits per heavy atom. The summed E-state index contributed by atoms with van der Waals surface area (Å²) in [5.74, 6) is 1.20. The van der Waals surface area contributed by atoms with E-state index in [0.717, 1.165) is 37.1 Å². The monoisotopic (exact) mass is 323 g/mol. The third-order valence-electron chi connectivity index (χ3n) is 4.95. The van der Waals surface area contributed by atoms with Gasteiger partial charge < -0.3 is 10.1 Å². The molecule has 0 saturated carbocycles. The molecule has 2 unspecified atom stereocenters. The van der Waals surface area contributed by atoms with E-state index in [9.17, 15) is 4.79 Å². The fraction of sp³-hybridized carbons (Fsp3) is 0.381. The summed E-state index contributed by atoms with van der Waals surface area (Å²) in [6, 6.07) is 16.3. The maximum absolute atomic E-state index is 12.9. The lowest BCUT2D eigenvalue weighted by Gasteiger charge is -2.24. The van der Waals surface area contributed by atoms with Crippen LogP contribution >= 0.6 is 0 Å². The topological polar surface area (TPSA) is 38.3 Å². The van der Waals surface area contributed by atoms with Crippen molar-refractivity contribution in [3.63, 3.8) is 0 Å². The van der Waals surface area contributed by atoms with Gasteiger partial charge in [-0.3, -0.25) is 4.79 Å². The fourth-order valence-corrected chi connectivity index (χ4v) is 3.57. The van der Waals surface area contributed by atoms with Crippen LogP contribution in [-0.2, 0) is 11.2 Å². The second-order valence-corrected chi connectivity index (χ2v) is 6.48. The number of amides is 1. The number of methoxy groups -OCH3 is 1. The molecule has 2 atom stereocenters. The normalized spacial score (nSPS) is 20.0. The number of para-hydroxylation sites is 1. The van der Waals surface area contributed by atoms with E-state index in [1.807, 2.05) is 30.3 Å². The van der Waals surface area contributed by atoms with Crippen LogP contribution in [0.4, 0.5) is 5.69 Å². The summed E-state index contributed by atoms with van der Waals surface area (Å²) in [5.41, 5.74) is 3.38. The van der Waals surface area contributed by atoms with Gasteiger partial charge in [0.1, 0.15) is 5.75 Å². The molecule has 1 aliphatic heterocycles. The smallest absolute Gasteiger partial charge is 0.228 e. The zero-order chi connectivity index (χ0) is 16.9. The molecule has 0 saturated heterocycles. The molecule has 3 nitrogen and oxygen atoms in total. The van der Waals surface area contributed by atoms with Crippen LogP contribution in [0.15, 0.2) is 48.5 Å². The summed E-state index contributed by atoms with van der Waals surface area (Å²) in [7, 11) is 1.67. The van der Waals surface area contributed by atoms with Crippen molar-refractivity contribution in [3.05, 3.63) is 59.7 Å². The van der Waals surface area contributed by atoms with Crippen LogP contribution in [-0.4, -0.2) is 13.0 Å². The van der Waals surface area contributed by atoms with E-state index in [2.05, 4.69) is 30.4 Å². The molecule has 1 heterocycles. The van der Waals surface area contributed by atoms with Crippen LogP contribution in [0.5, 0.6) is 5.75 Å². The second-order valence-electron chi connectivity index (χ2n) is 6.48. The molecule has 1 N–H and O–H groups in total. The highest BCUT2D eigenvalue weighted by Gasteiger charge is 2.32. The lowest BCUT2D eigenvalue weighted by Crippen LogP contribution is -2.27. The maximum atomic E-state index is 12.9. The van der Waals surface area contributed by atoms with Gasteiger partial charge in [0.15, 0.2) is 0 Å². The summed E-state index contributed by atoms with van der Waals surface area (Å²) < 4.78 is 5.27. The number of rotatable bonds is 5. The van der Waals surface area contributed by atoms with Crippen molar-refractivity contribution < 1.29 is 9.53 Å². The van der Waals surface area contributed by atoms with Crippen molar-refractivity contribution in [2.45, 2.75) is 38.5 Å². The lowest BCUT2D eigenvalue weighted by atomic mass is 9.79. The molecule has 0 bridgehead atoms. The van der Waals surface area contributed by atoms with Gasteiger partial charge >= 0.3 is 0 Å². The van der Waals surface area contributed by atoms with Gasteiger partial charge in [0, 0.05) is 11.6 Å². The van der Waals surface area contributed by atoms with Gasteiger partial charge in [-0.2, -0.15) is 0 Å². The number of unbranched alkanes of at least 4 members (excludes halogenated alkanes) is 1. The number of carbonyl (C=O) groups is 1. The van der Waals surface area contributed by atoms with E-state index in [1.54, 1.807) is 7.11 Å². The summed E-state index contributed by atoms with van der Waals surface area (Å²) in [6.45, 7) is 2.17. The summed E-state index contributed by atoms with van der Waals surface area (Å²) in [4.78, 5) is 12.9. The van der Waals surface area contributed by atoms with Gasteiger partial charge in [-0.25, -0.2) is 0 Å². The maximum Gasteiger partial charge on any atom is 0.228 e. The van der Waals surface area contributed by atoms with Gasteiger partial charge in [0.25, 0.3) is 0 Å². The molecule has 3 rings (SSSR count). The van der Waals surface area contributed by atoms with E-state index < -0.39 is 0 Å². The molecule has 0 spiro atoms. The summed E-state index contributed by atoms with van der Waals surface area (Å²) in [5, 5.41) is 3.14. The summed E-state index contributed by atoms with van der Waals surface area (Å²) >= 11 is 0. The predicted octanol–water partition coefficient (Wildman–Crippen LogP) is 4.78. The van der Waals surface area contributed by atoms with Crippen molar-refractivity contribution in [3.8, 4) is 5.75 Å². The zero-order valence-electron chi connectivity index (χ0n) is 14.4. The first-order valence-electron chi connectivity index (χ1n) is 8.75. The highest BCUT2D eigenvalue weighted by molar-refractivity contribution is 5.94. The third-order valence-corrected chi connectivity index (χ3v) is 4.95. The quantitative estimate of drug-likeness (QED) is 0.860. The molecule has 2 aromatic carbocycles. The number of fused-ring (bicyclic) bond motifs is 1. The average molecular weight is 323 g/mol. The first-order chi connectivity index (χ1) is 11.7. The van der Waals surface area contributed by atoms with Crippen LogP contribution in [0.25, 0.3) is 0 Å². The Hall–Kier alpha value is -2.29. The Labute approximate surface area is 144 Å². The fourth-order valence-electron chi connectivity index (χ4n) is 3.57. The SMILES string of the molecule is CCCCC1C(=O)Nc2ccccc2CC1c1ccc(OC)cc1. The number of hydrogen-bond donors (Lipinski definition) is 1. The van der Waals surface area contributed by atoms with Crippen molar-refractivity contribution in [1.82, 2.24) is 0 Å². The van der Waals surface area contributed by atoms with E-state index in [-0.39, 0.29) is 17.7 Å². The summed E-state index contributed by atoms with van der Waals surface area (Å²) in [6.07, 6.45) is 3.98. The molecule has 0 fully saturated rings. The molecular weight excluding hydrogens is 298 g/mol. The molecule has 2 aromatic rings. The Bertz CT molecular complexity index is 693. The van der Waals surface area contributed by atoms with Crippen molar-refractivity contribution in [2.24, 2.45) is 5.92 Å². The molecule has 1 amide bonds. The third kappa shape index (κ3) is 3.45. The molecule has 3 heteroatoms. The Balaban J connectivity index is 1.97. The zero-order valence-corrected chi connectivity index (χ0v) is 14.4. The minimum atomic E-state index is 0.00532. The second kappa shape index (κ2) is 7.52. The Morgan fingerprint density at radius 2 is 1.88 bits per heavy atom. The largest absolute Gasteiger partial charge is 0.497 e. The van der Waals surface area contributed by atoms with E-state index in [4.69, 9.17) is 4.74 Å². The van der Waals surface area contributed by atoms with Crippen molar-refractivity contribution >= 4 is 11.6 Å². The highest BCUT2D eigenvalue weighted by Crippen LogP contribution is 2.38. The van der Waals surface area contributed by atoms with Crippen LogP contribution < -0.4 is 10.1 Å². The first-order valence-corrected chi connectivity index (χ1v) is 8.75. The highest BCUT2D eigenvalue weighted by atomic mass is 16.5.